The van der Waals surface area contributed by atoms with Gasteiger partial charge in [0.05, 0.1) is 13.2 Å². The largest absolute Gasteiger partial charge is 0.392 e. The lowest BCUT2D eigenvalue weighted by Crippen LogP contribution is -2.18. The van der Waals surface area contributed by atoms with Gasteiger partial charge < -0.3 is 19.7 Å². The lowest BCUT2D eigenvalue weighted by molar-refractivity contribution is 0.101. The van der Waals surface area contributed by atoms with Crippen LogP contribution in [0.1, 0.15) is 16.1 Å². The number of rotatable bonds is 6. The molecule has 1 aromatic heterocycles. The number of methoxy groups -OCH3 is 1. The second-order valence-electron chi connectivity index (χ2n) is 4.35. The molecule has 106 valence electrons. The number of aliphatic hydroxyl groups is 1. The van der Waals surface area contributed by atoms with Crippen molar-refractivity contribution in [1.82, 2.24) is 4.57 Å². The Bertz CT molecular complexity index is 578. The normalized spacial score (nSPS) is 10.5. The van der Waals surface area contributed by atoms with Crippen LogP contribution in [0.4, 0.5) is 5.69 Å². The Morgan fingerprint density at radius 1 is 1.30 bits per heavy atom. The maximum absolute atomic E-state index is 12.3. The van der Waals surface area contributed by atoms with Gasteiger partial charge in [-0.2, -0.15) is 0 Å². The molecule has 0 aliphatic heterocycles. The summed E-state index contributed by atoms with van der Waals surface area (Å²) in [5, 5.41) is 12.1. The molecule has 0 aliphatic rings. The zero-order valence-corrected chi connectivity index (χ0v) is 11.4. The van der Waals surface area contributed by atoms with Gasteiger partial charge in [0.15, 0.2) is 0 Å². The van der Waals surface area contributed by atoms with Crippen LogP contribution in [-0.2, 0) is 17.9 Å². The molecule has 5 nitrogen and oxygen atoms in total. The third-order valence-corrected chi connectivity index (χ3v) is 3.03. The summed E-state index contributed by atoms with van der Waals surface area (Å²) in [4.78, 5) is 12.3. The number of ether oxygens (including phenoxy) is 1. The Morgan fingerprint density at radius 3 is 2.85 bits per heavy atom. The van der Waals surface area contributed by atoms with E-state index in [9.17, 15) is 9.90 Å². The van der Waals surface area contributed by atoms with E-state index in [0.717, 1.165) is 0 Å². The summed E-state index contributed by atoms with van der Waals surface area (Å²) in [5.74, 6) is -0.202. The number of aliphatic hydroxyl groups excluding tert-OH is 1. The quantitative estimate of drug-likeness (QED) is 0.845. The Hall–Kier alpha value is -2.11. The number of benzene rings is 1. The van der Waals surface area contributed by atoms with Crippen molar-refractivity contribution in [2.75, 3.05) is 19.0 Å². The molecule has 1 aromatic carbocycles. The highest BCUT2D eigenvalue weighted by molar-refractivity contribution is 6.03. The molecule has 2 N–H and O–H groups in total. The van der Waals surface area contributed by atoms with Crippen molar-refractivity contribution < 1.29 is 14.6 Å². The van der Waals surface area contributed by atoms with E-state index < -0.39 is 0 Å². The second kappa shape index (κ2) is 6.88. The van der Waals surface area contributed by atoms with Gasteiger partial charge >= 0.3 is 0 Å². The number of hydrogen-bond donors (Lipinski definition) is 2. The molecule has 5 heteroatoms. The predicted octanol–water partition coefficient (Wildman–Crippen LogP) is 1.88. The minimum absolute atomic E-state index is 0.110. The first-order valence-corrected chi connectivity index (χ1v) is 6.40. The van der Waals surface area contributed by atoms with Crippen LogP contribution < -0.4 is 5.32 Å². The van der Waals surface area contributed by atoms with Crippen LogP contribution >= 0.6 is 0 Å². The summed E-state index contributed by atoms with van der Waals surface area (Å²) in [6.45, 7) is 1.05. The van der Waals surface area contributed by atoms with Crippen molar-refractivity contribution >= 4 is 11.6 Å². The van der Waals surface area contributed by atoms with Gasteiger partial charge in [-0.25, -0.2) is 0 Å². The van der Waals surface area contributed by atoms with Crippen LogP contribution in [0, 0.1) is 0 Å². The SMILES string of the molecule is COCCn1cccc1C(=O)Nc1ccccc1CO. The molecule has 0 unspecified atom stereocenters. The summed E-state index contributed by atoms with van der Waals surface area (Å²) in [6, 6.07) is 10.8. The van der Waals surface area contributed by atoms with Gasteiger partial charge in [0, 0.05) is 31.1 Å². The molecular weight excluding hydrogens is 256 g/mol. The first-order valence-electron chi connectivity index (χ1n) is 6.40. The van der Waals surface area contributed by atoms with Crippen molar-refractivity contribution in [3.8, 4) is 0 Å². The molecule has 1 amide bonds. The average molecular weight is 274 g/mol. The van der Waals surface area contributed by atoms with Gasteiger partial charge in [-0.1, -0.05) is 18.2 Å². The molecule has 0 saturated heterocycles. The van der Waals surface area contributed by atoms with E-state index in [0.29, 0.717) is 30.1 Å². The number of aromatic nitrogens is 1. The molecule has 2 rings (SSSR count). The number of nitrogens with one attached hydrogen (secondary N) is 1. The van der Waals surface area contributed by atoms with Crippen molar-refractivity contribution in [2.45, 2.75) is 13.2 Å². The van der Waals surface area contributed by atoms with E-state index in [1.165, 1.54) is 0 Å². The molecular formula is C15H18N2O3. The predicted molar refractivity (Wildman–Crippen MR) is 76.6 cm³/mol. The van der Waals surface area contributed by atoms with Gasteiger partial charge in [-0.05, 0) is 18.2 Å². The lowest BCUT2D eigenvalue weighted by atomic mass is 10.2. The number of para-hydroxylation sites is 1. The molecule has 0 spiro atoms. The molecule has 2 aromatic rings. The van der Waals surface area contributed by atoms with Gasteiger partial charge in [-0.3, -0.25) is 4.79 Å². The maximum atomic E-state index is 12.3. The van der Waals surface area contributed by atoms with E-state index in [1.807, 2.05) is 29.0 Å². The van der Waals surface area contributed by atoms with Gasteiger partial charge in [-0.15, -0.1) is 0 Å². The number of carbonyl (C=O) groups excluding carboxylic acids is 1. The minimum atomic E-state index is -0.202. The summed E-state index contributed by atoms with van der Waals surface area (Å²) in [7, 11) is 1.63. The fraction of sp³-hybridized carbons (Fsp3) is 0.267. The van der Waals surface area contributed by atoms with E-state index in [-0.39, 0.29) is 12.5 Å². The van der Waals surface area contributed by atoms with E-state index in [2.05, 4.69) is 5.32 Å². The van der Waals surface area contributed by atoms with Gasteiger partial charge in [0.2, 0.25) is 0 Å². The van der Waals surface area contributed by atoms with Crippen LogP contribution in [0.3, 0.4) is 0 Å². The summed E-state index contributed by atoms with van der Waals surface area (Å²) in [6.07, 6.45) is 1.84. The van der Waals surface area contributed by atoms with E-state index in [1.54, 1.807) is 25.3 Å². The smallest absolute Gasteiger partial charge is 0.272 e. The Labute approximate surface area is 117 Å². The van der Waals surface area contributed by atoms with Gasteiger partial charge in [0.1, 0.15) is 5.69 Å². The van der Waals surface area contributed by atoms with Crippen LogP contribution in [-0.4, -0.2) is 29.3 Å². The van der Waals surface area contributed by atoms with Crippen molar-refractivity contribution in [3.63, 3.8) is 0 Å². The van der Waals surface area contributed by atoms with E-state index >= 15 is 0 Å². The Balaban J connectivity index is 2.14. The summed E-state index contributed by atoms with van der Waals surface area (Å²) in [5.41, 5.74) is 1.88. The molecule has 20 heavy (non-hydrogen) atoms. The first-order chi connectivity index (χ1) is 9.76. The number of carbonyl (C=O) groups is 1. The lowest BCUT2D eigenvalue weighted by Gasteiger charge is -2.11. The minimum Gasteiger partial charge on any atom is -0.392 e. The van der Waals surface area contributed by atoms with Crippen LogP contribution in [0.25, 0.3) is 0 Å². The molecule has 0 fully saturated rings. The standard InChI is InChI=1S/C15H18N2O3/c1-20-10-9-17-8-4-7-14(17)15(19)16-13-6-3-2-5-12(13)11-18/h2-8,18H,9-11H2,1H3,(H,16,19). The van der Waals surface area contributed by atoms with E-state index in [4.69, 9.17) is 4.74 Å². The highest BCUT2D eigenvalue weighted by atomic mass is 16.5. The van der Waals surface area contributed by atoms with Gasteiger partial charge in [0.25, 0.3) is 5.91 Å². The Morgan fingerprint density at radius 2 is 2.10 bits per heavy atom. The first kappa shape index (κ1) is 14.3. The topological polar surface area (TPSA) is 63.5 Å². The van der Waals surface area contributed by atoms with Crippen LogP contribution in [0.5, 0.6) is 0 Å². The molecule has 0 bridgehead atoms. The summed E-state index contributed by atoms with van der Waals surface area (Å²) < 4.78 is 6.85. The molecule has 0 atom stereocenters. The number of nitrogens with zero attached hydrogens (tertiary/aromatic N) is 1. The molecule has 0 aliphatic carbocycles. The second-order valence-corrected chi connectivity index (χ2v) is 4.35. The number of hydrogen-bond acceptors (Lipinski definition) is 3. The average Bonchev–Trinajstić information content (AvgIpc) is 2.94. The number of amides is 1. The van der Waals surface area contributed by atoms with Crippen molar-refractivity contribution in [1.29, 1.82) is 0 Å². The third kappa shape index (κ3) is 3.26. The zero-order chi connectivity index (χ0) is 14.4. The monoisotopic (exact) mass is 274 g/mol. The maximum Gasteiger partial charge on any atom is 0.272 e. The fourth-order valence-corrected chi connectivity index (χ4v) is 1.97. The molecule has 1 heterocycles. The molecule has 0 saturated carbocycles. The van der Waals surface area contributed by atoms with Crippen molar-refractivity contribution in [2.24, 2.45) is 0 Å². The van der Waals surface area contributed by atoms with Crippen molar-refractivity contribution in [3.05, 3.63) is 53.9 Å². The third-order valence-electron chi connectivity index (χ3n) is 3.03. The summed E-state index contributed by atoms with van der Waals surface area (Å²) >= 11 is 0. The zero-order valence-electron chi connectivity index (χ0n) is 11.4. The highest BCUT2D eigenvalue weighted by Gasteiger charge is 2.12. The molecule has 0 radical (unpaired) electrons. The highest BCUT2D eigenvalue weighted by Crippen LogP contribution is 2.16. The van der Waals surface area contributed by atoms with Crippen LogP contribution in [0.15, 0.2) is 42.6 Å². The van der Waals surface area contributed by atoms with Crippen LogP contribution in [0.2, 0.25) is 0 Å². The Kier molecular flexibility index (Phi) is 4.92. The number of anilines is 1. The fourth-order valence-electron chi connectivity index (χ4n) is 1.97.